The molecule has 5 heteroatoms. The van der Waals surface area contributed by atoms with Crippen molar-refractivity contribution in [3.05, 3.63) is 40.9 Å². The molecule has 0 saturated carbocycles. The van der Waals surface area contributed by atoms with Crippen LogP contribution >= 0.6 is 11.3 Å². The Hall–Kier alpha value is -1.75. The minimum atomic E-state index is -0.151. The Morgan fingerprint density at radius 2 is 1.77 bits per heavy atom. The molecule has 22 heavy (non-hydrogen) atoms. The lowest BCUT2D eigenvalue weighted by Gasteiger charge is -2.13. The summed E-state index contributed by atoms with van der Waals surface area (Å²) in [6, 6.07) is 9.86. The van der Waals surface area contributed by atoms with Crippen molar-refractivity contribution < 1.29 is 4.79 Å². The lowest BCUT2D eigenvalue weighted by Crippen LogP contribution is -2.20. The molecule has 4 nitrogen and oxygen atoms in total. The molecular weight excluding hydrogens is 294 g/mol. The maximum absolute atomic E-state index is 12.5. The molecule has 1 N–H and O–H groups in total. The average molecular weight is 317 g/mol. The third-order valence-corrected chi connectivity index (χ3v) is 4.93. The highest BCUT2D eigenvalue weighted by Crippen LogP contribution is 2.29. The molecule has 1 heterocycles. The van der Waals surface area contributed by atoms with Crippen molar-refractivity contribution in [3.63, 3.8) is 0 Å². The number of carbonyl (C=O) groups is 1. The molecule has 1 atom stereocenters. The number of carbonyl (C=O) groups excluding carboxylic acids is 1. The summed E-state index contributed by atoms with van der Waals surface area (Å²) >= 11 is 1.49. The predicted molar refractivity (Wildman–Crippen MR) is 91.3 cm³/mol. The molecule has 0 fully saturated rings. The minimum Gasteiger partial charge on any atom is -0.300 e. The van der Waals surface area contributed by atoms with Crippen molar-refractivity contribution in [2.45, 2.75) is 51.9 Å². The number of aromatic nitrogens is 2. The van der Waals surface area contributed by atoms with Gasteiger partial charge in [-0.15, -0.1) is 10.2 Å². The second-order valence-corrected chi connectivity index (χ2v) is 6.33. The molecule has 0 aliphatic heterocycles. The number of hydrogen-bond donors (Lipinski definition) is 1. The van der Waals surface area contributed by atoms with Gasteiger partial charge in [0.05, 0.1) is 5.92 Å². The van der Waals surface area contributed by atoms with Crippen molar-refractivity contribution in [1.29, 1.82) is 0 Å². The van der Waals surface area contributed by atoms with Crippen LogP contribution in [0, 0.1) is 0 Å². The fourth-order valence-corrected chi connectivity index (χ4v) is 3.55. The Morgan fingerprint density at radius 3 is 2.36 bits per heavy atom. The Balaban J connectivity index is 2.08. The van der Waals surface area contributed by atoms with Crippen LogP contribution in [0.15, 0.2) is 30.3 Å². The second kappa shape index (κ2) is 8.03. The summed E-state index contributed by atoms with van der Waals surface area (Å²) in [5.41, 5.74) is 1.03. The van der Waals surface area contributed by atoms with Crippen LogP contribution in [-0.4, -0.2) is 16.1 Å². The molecule has 118 valence electrons. The first kappa shape index (κ1) is 16.6. The predicted octanol–water partition coefficient (Wildman–Crippen LogP) is 4.57. The number of nitrogens with zero attached hydrogens (tertiary/aromatic N) is 2. The first-order chi connectivity index (χ1) is 10.7. The molecule has 0 spiro atoms. The zero-order valence-corrected chi connectivity index (χ0v) is 14.2. The van der Waals surface area contributed by atoms with Crippen molar-refractivity contribution in [2.24, 2.45) is 0 Å². The van der Waals surface area contributed by atoms with Crippen LogP contribution in [0.2, 0.25) is 0 Å². The Bertz CT molecular complexity index is 593. The Labute approximate surface area is 136 Å². The summed E-state index contributed by atoms with van der Waals surface area (Å²) < 4.78 is 0. The molecular formula is C17H23N3OS. The van der Waals surface area contributed by atoms with E-state index in [0.29, 0.717) is 11.0 Å². The summed E-state index contributed by atoms with van der Waals surface area (Å²) in [7, 11) is 0. The van der Waals surface area contributed by atoms with Gasteiger partial charge < -0.3 is 0 Å². The lowest BCUT2D eigenvalue weighted by molar-refractivity contribution is -0.117. The van der Waals surface area contributed by atoms with Crippen LogP contribution < -0.4 is 5.32 Å². The second-order valence-electron chi connectivity index (χ2n) is 5.32. The number of rotatable bonds is 7. The van der Waals surface area contributed by atoms with E-state index in [-0.39, 0.29) is 11.8 Å². The van der Waals surface area contributed by atoms with Gasteiger partial charge >= 0.3 is 0 Å². The van der Waals surface area contributed by atoms with Crippen molar-refractivity contribution in [1.82, 2.24) is 10.2 Å². The molecule has 0 bridgehead atoms. The summed E-state index contributed by atoms with van der Waals surface area (Å²) in [6.07, 6.45) is 2.84. The van der Waals surface area contributed by atoms with Crippen LogP contribution in [0.1, 0.15) is 62.4 Å². The molecule has 0 aliphatic carbocycles. The van der Waals surface area contributed by atoms with E-state index in [1.165, 1.54) is 11.3 Å². The van der Waals surface area contributed by atoms with Gasteiger partial charge in [-0.1, -0.05) is 62.4 Å². The highest BCUT2D eigenvalue weighted by atomic mass is 32.1. The number of benzene rings is 1. The molecule has 1 amide bonds. The van der Waals surface area contributed by atoms with Gasteiger partial charge in [0, 0.05) is 5.92 Å². The third-order valence-electron chi connectivity index (χ3n) is 3.93. The molecule has 2 rings (SSSR count). The van der Waals surface area contributed by atoms with Gasteiger partial charge in [0.15, 0.2) is 0 Å². The summed E-state index contributed by atoms with van der Waals surface area (Å²) in [6.45, 7) is 6.32. The van der Waals surface area contributed by atoms with Crippen LogP contribution in [0.3, 0.4) is 0 Å². The van der Waals surface area contributed by atoms with Gasteiger partial charge in [0.1, 0.15) is 5.01 Å². The van der Waals surface area contributed by atoms with E-state index >= 15 is 0 Å². The topological polar surface area (TPSA) is 54.9 Å². The summed E-state index contributed by atoms with van der Waals surface area (Å²) in [5.74, 6) is 0.266. The van der Waals surface area contributed by atoms with Gasteiger partial charge in [-0.3, -0.25) is 10.1 Å². The van der Waals surface area contributed by atoms with E-state index in [4.69, 9.17) is 0 Å². The molecule has 0 aliphatic rings. The van der Waals surface area contributed by atoms with Crippen LogP contribution in [0.4, 0.5) is 5.13 Å². The first-order valence-corrected chi connectivity index (χ1v) is 8.70. The summed E-state index contributed by atoms with van der Waals surface area (Å²) in [4.78, 5) is 12.5. The zero-order valence-electron chi connectivity index (χ0n) is 13.4. The molecule has 0 radical (unpaired) electrons. The zero-order chi connectivity index (χ0) is 15.9. The maximum Gasteiger partial charge on any atom is 0.233 e. The molecule has 2 aromatic rings. The average Bonchev–Trinajstić information content (AvgIpc) is 2.98. The quantitative estimate of drug-likeness (QED) is 0.813. The molecule has 1 unspecified atom stereocenters. The third kappa shape index (κ3) is 3.91. The van der Waals surface area contributed by atoms with E-state index < -0.39 is 0 Å². The smallest absolute Gasteiger partial charge is 0.233 e. The Kier molecular flexibility index (Phi) is 6.07. The van der Waals surface area contributed by atoms with Crippen LogP contribution in [0.25, 0.3) is 0 Å². The van der Waals surface area contributed by atoms with Gasteiger partial charge in [-0.25, -0.2) is 0 Å². The van der Waals surface area contributed by atoms with E-state index in [0.717, 1.165) is 29.8 Å². The monoisotopic (exact) mass is 317 g/mol. The normalized spacial score (nSPS) is 12.4. The van der Waals surface area contributed by atoms with E-state index in [1.807, 2.05) is 37.3 Å². The Morgan fingerprint density at radius 1 is 1.09 bits per heavy atom. The largest absolute Gasteiger partial charge is 0.300 e. The summed E-state index contributed by atoms with van der Waals surface area (Å²) in [5, 5.41) is 12.9. The van der Waals surface area contributed by atoms with Gasteiger partial charge in [-0.2, -0.15) is 0 Å². The van der Waals surface area contributed by atoms with Gasteiger partial charge in [0.25, 0.3) is 0 Å². The van der Waals surface area contributed by atoms with Crippen LogP contribution in [-0.2, 0) is 4.79 Å². The van der Waals surface area contributed by atoms with Gasteiger partial charge in [0.2, 0.25) is 11.0 Å². The van der Waals surface area contributed by atoms with Crippen LogP contribution in [0.5, 0.6) is 0 Å². The fourth-order valence-electron chi connectivity index (χ4n) is 2.54. The van der Waals surface area contributed by atoms with Gasteiger partial charge in [-0.05, 0) is 24.8 Å². The highest BCUT2D eigenvalue weighted by Gasteiger charge is 2.21. The lowest BCUT2D eigenvalue weighted by atomic mass is 9.96. The number of nitrogens with one attached hydrogen (secondary N) is 1. The van der Waals surface area contributed by atoms with E-state index in [2.05, 4.69) is 29.4 Å². The number of hydrogen-bond acceptors (Lipinski definition) is 4. The fraction of sp³-hybridized carbons (Fsp3) is 0.471. The minimum absolute atomic E-state index is 0.0130. The van der Waals surface area contributed by atoms with E-state index in [1.54, 1.807) is 0 Å². The SMILES string of the molecule is CCC(CC)c1nnc(NC(=O)C(CC)c2ccccc2)s1. The van der Waals surface area contributed by atoms with Crippen molar-refractivity contribution >= 4 is 22.4 Å². The highest BCUT2D eigenvalue weighted by molar-refractivity contribution is 7.15. The number of anilines is 1. The molecule has 1 aromatic carbocycles. The van der Waals surface area contributed by atoms with Crippen molar-refractivity contribution in [2.75, 3.05) is 5.32 Å². The maximum atomic E-state index is 12.5. The molecule has 0 saturated heterocycles. The molecule has 1 aromatic heterocycles. The standard InChI is InChI=1S/C17H23N3OS/c1-4-12(5-2)16-19-20-17(22-16)18-15(21)14(6-3)13-10-8-7-9-11-13/h7-12,14H,4-6H2,1-3H3,(H,18,20,21). The van der Waals surface area contributed by atoms with E-state index in [9.17, 15) is 4.79 Å². The number of amides is 1. The van der Waals surface area contributed by atoms with Crippen molar-refractivity contribution in [3.8, 4) is 0 Å². The first-order valence-electron chi connectivity index (χ1n) is 7.88.